The third-order valence-electron chi connectivity index (χ3n) is 4.66. The highest BCUT2D eigenvalue weighted by Crippen LogP contribution is 2.26. The van der Waals surface area contributed by atoms with Gasteiger partial charge in [0, 0.05) is 29.5 Å². The van der Waals surface area contributed by atoms with Crippen molar-refractivity contribution < 1.29 is 9.53 Å². The van der Waals surface area contributed by atoms with Gasteiger partial charge in [0.05, 0.1) is 9.35 Å². The monoisotopic (exact) mass is 514 g/mol. The van der Waals surface area contributed by atoms with Crippen molar-refractivity contribution in [3.05, 3.63) is 49.0 Å². The topological polar surface area (TPSA) is 41.6 Å². The number of nitrogens with one attached hydrogen (secondary N) is 1. The molecule has 0 radical (unpaired) electrons. The van der Waals surface area contributed by atoms with Gasteiger partial charge in [-0.1, -0.05) is 13.0 Å². The maximum atomic E-state index is 12.1. The van der Waals surface area contributed by atoms with E-state index in [0.717, 1.165) is 44.0 Å². The summed E-state index contributed by atoms with van der Waals surface area (Å²) in [6, 6.07) is 7.98. The van der Waals surface area contributed by atoms with Crippen molar-refractivity contribution in [2.24, 2.45) is 5.92 Å². The van der Waals surface area contributed by atoms with Gasteiger partial charge in [-0.2, -0.15) is 0 Å². The van der Waals surface area contributed by atoms with Crippen LogP contribution in [0, 0.1) is 5.92 Å². The Bertz CT molecular complexity index is 781. The van der Waals surface area contributed by atoms with Crippen molar-refractivity contribution in [2.45, 2.75) is 19.8 Å². The van der Waals surface area contributed by atoms with Crippen molar-refractivity contribution in [3.8, 4) is 5.75 Å². The fourth-order valence-electron chi connectivity index (χ4n) is 3.17. The predicted molar refractivity (Wildman–Crippen MR) is 118 cm³/mol. The smallest absolute Gasteiger partial charge is 0.261 e. The Morgan fingerprint density at radius 1 is 1.37 bits per heavy atom. The molecule has 1 aliphatic rings. The second-order valence-electron chi connectivity index (χ2n) is 6.94. The van der Waals surface area contributed by atoms with Crippen LogP contribution in [-0.2, 0) is 6.42 Å². The molecule has 146 valence electrons. The second-order valence-corrected chi connectivity index (χ2v) is 9.62. The quantitative estimate of drug-likeness (QED) is 0.539. The van der Waals surface area contributed by atoms with E-state index in [1.807, 2.05) is 17.5 Å². The number of carbonyl (C=O) groups is 1. The van der Waals surface area contributed by atoms with E-state index in [4.69, 9.17) is 4.74 Å². The molecule has 1 aromatic carbocycles. The van der Waals surface area contributed by atoms with E-state index in [-0.39, 0.29) is 5.91 Å². The van der Waals surface area contributed by atoms with Crippen LogP contribution in [0.25, 0.3) is 0 Å². The molecule has 1 N–H and O–H groups in total. The third kappa shape index (κ3) is 6.31. The molecule has 0 spiro atoms. The molecule has 2 heterocycles. The van der Waals surface area contributed by atoms with Gasteiger partial charge in [0.2, 0.25) is 0 Å². The van der Waals surface area contributed by atoms with Crippen LogP contribution < -0.4 is 10.1 Å². The molecule has 2 aromatic rings. The lowest BCUT2D eigenvalue weighted by molar-refractivity contribution is 0.0958. The molecule has 0 bridgehead atoms. The standard InChI is InChI=1S/C20H24Br2N2O2S/c1-14-5-7-24(12-14)8-9-26-18-3-2-15(10-17(18)22)4-6-23-20(25)19-11-16(21)13-27-19/h2-3,10-11,13-14H,4-9,12H2,1H3,(H,23,25)/t14-/m1/s1. The van der Waals surface area contributed by atoms with E-state index in [1.165, 1.54) is 30.8 Å². The van der Waals surface area contributed by atoms with E-state index in [9.17, 15) is 4.79 Å². The molecule has 3 rings (SSSR count). The predicted octanol–water partition coefficient (Wildman–Crippen LogP) is 4.97. The SMILES string of the molecule is C[C@@H]1CCN(CCOc2ccc(CCNC(=O)c3cc(Br)cs3)cc2Br)C1. The molecule has 1 aliphatic heterocycles. The number of carbonyl (C=O) groups excluding carboxylic acids is 1. The summed E-state index contributed by atoms with van der Waals surface area (Å²) in [6.07, 6.45) is 2.07. The first-order valence-corrected chi connectivity index (χ1v) is 11.6. The molecule has 1 saturated heterocycles. The van der Waals surface area contributed by atoms with Crippen LogP contribution in [0.4, 0.5) is 0 Å². The first kappa shape index (κ1) is 20.8. The Balaban J connectivity index is 1.41. The average Bonchev–Trinajstić information content (AvgIpc) is 3.25. The maximum Gasteiger partial charge on any atom is 0.261 e. The van der Waals surface area contributed by atoms with Crippen LogP contribution in [0.15, 0.2) is 38.6 Å². The van der Waals surface area contributed by atoms with Crippen LogP contribution in [0.1, 0.15) is 28.6 Å². The summed E-state index contributed by atoms with van der Waals surface area (Å²) >= 11 is 8.41. The van der Waals surface area contributed by atoms with Gasteiger partial charge in [-0.15, -0.1) is 11.3 Å². The average molecular weight is 516 g/mol. The van der Waals surface area contributed by atoms with E-state index in [0.29, 0.717) is 13.2 Å². The van der Waals surface area contributed by atoms with Crippen molar-refractivity contribution >= 4 is 49.1 Å². The summed E-state index contributed by atoms with van der Waals surface area (Å²) in [6.45, 7) is 6.95. The van der Waals surface area contributed by atoms with Crippen molar-refractivity contribution in [1.29, 1.82) is 0 Å². The Labute approximate surface area is 181 Å². The zero-order valence-electron chi connectivity index (χ0n) is 15.3. The number of amides is 1. The Morgan fingerprint density at radius 2 is 2.22 bits per heavy atom. The van der Waals surface area contributed by atoms with Crippen molar-refractivity contribution in [2.75, 3.05) is 32.8 Å². The summed E-state index contributed by atoms with van der Waals surface area (Å²) < 4.78 is 7.83. The molecule has 1 aromatic heterocycles. The van der Waals surface area contributed by atoms with E-state index < -0.39 is 0 Å². The molecule has 27 heavy (non-hydrogen) atoms. The van der Waals surface area contributed by atoms with Gasteiger partial charge in [0.15, 0.2) is 0 Å². The Morgan fingerprint density at radius 3 is 2.89 bits per heavy atom. The van der Waals surface area contributed by atoms with Gasteiger partial charge in [0.1, 0.15) is 12.4 Å². The molecule has 0 saturated carbocycles. The summed E-state index contributed by atoms with van der Waals surface area (Å²) in [5.74, 6) is 1.65. The number of rotatable bonds is 8. The second kappa shape index (κ2) is 10.0. The first-order chi connectivity index (χ1) is 13.0. The van der Waals surface area contributed by atoms with Gasteiger partial charge < -0.3 is 10.1 Å². The van der Waals surface area contributed by atoms with Gasteiger partial charge in [-0.25, -0.2) is 0 Å². The normalized spacial score (nSPS) is 17.2. The fraction of sp³-hybridized carbons (Fsp3) is 0.450. The van der Waals surface area contributed by atoms with Gasteiger partial charge in [-0.3, -0.25) is 9.69 Å². The van der Waals surface area contributed by atoms with E-state index in [2.05, 4.69) is 61.1 Å². The van der Waals surface area contributed by atoms with Crippen molar-refractivity contribution in [1.82, 2.24) is 10.2 Å². The van der Waals surface area contributed by atoms with Gasteiger partial charge in [0.25, 0.3) is 5.91 Å². The molecule has 4 nitrogen and oxygen atoms in total. The molecule has 1 amide bonds. The van der Waals surface area contributed by atoms with Crippen LogP contribution >= 0.6 is 43.2 Å². The molecular weight excluding hydrogens is 492 g/mol. The summed E-state index contributed by atoms with van der Waals surface area (Å²) in [7, 11) is 0. The number of hydrogen-bond donors (Lipinski definition) is 1. The number of likely N-dealkylation sites (tertiary alicyclic amines) is 1. The van der Waals surface area contributed by atoms with Crippen LogP contribution in [0.3, 0.4) is 0 Å². The summed E-state index contributed by atoms with van der Waals surface area (Å²) in [4.78, 5) is 15.2. The molecular formula is C20H24Br2N2O2S. The zero-order valence-corrected chi connectivity index (χ0v) is 19.3. The molecule has 7 heteroatoms. The largest absolute Gasteiger partial charge is 0.491 e. The number of hydrogen-bond acceptors (Lipinski definition) is 4. The third-order valence-corrected chi connectivity index (χ3v) is 6.97. The Kier molecular flexibility index (Phi) is 7.75. The minimum Gasteiger partial charge on any atom is -0.491 e. The first-order valence-electron chi connectivity index (χ1n) is 9.17. The zero-order chi connectivity index (χ0) is 19.2. The van der Waals surface area contributed by atoms with E-state index in [1.54, 1.807) is 0 Å². The lowest BCUT2D eigenvalue weighted by atomic mass is 10.1. The van der Waals surface area contributed by atoms with Crippen LogP contribution in [-0.4, -0.2) is 43.6 Å². The number of nitrogens with zero attached hydrogens (tertiary/aromatic N) is 1. The minimum atomic E-state index is -0.0269. The molecule has 0 aliphatic carbocycles. The van der Waals surface area contributed by atoms with Crippen LogP contribution in [0.5, 0.6) is 5.75 Å². The highest BCUT2D eigenvalue weighted by atomic mass is 79.9. The lowest BCUT2D eigenvalue weighted by Crippen LogP contribution is -2.26. The highest BCUT2D eigenvalue weighted by molar-refractivity contribution is 9.10. The van der Waals surface area contributed by atoms with Crippen molar-refractivity contribution in [3.63, 3.8) is 0 Å². The van der Waals surface area contributed by atoms with E-state index >= 15 is 0 Å². The van der Waals surface area contributed by atoms with Gasteiger partial charge in [-0.05, 0) is 80.9 Å². The number of ether oxygens (including phenoxy) is 1. The molecule has 1 fully saturated rings. The minimum absolute atomic E-state index is 0.0269. The number of benzene rings is 1. The molecule has 1 atom stereocenters. The Hall–Kier alpha value is -0.890. The molecule has 0 unspecified atom stereocenters. The maximum absolute atomic E-state index is 12.1. The van der Waals surface area contributed by atoms with Gasteiger partial charge >= 0.3 is 0 Å². The van der Waals surface area contributed by atoms with Crippen LogP contribution in [0.2, 0.25) is 0 Å². The number of halogens is 2. The summed E-state index contributed by atoms with van der Waals surface area (Å²) in [5, 5.41) is 4.87. The highest BCUT2D eigenvalue weighted by Gasteiger charge is 2.18. The summed E-state index contributed by atoms with van der Waals surface area (Å²) in [5.41, 5.74) is 1.16. The fourth-order valence-corrected chi connectivity index (χ4v) is 5.05. The lowest BCUT2D eigenvalue weighted by Gasteiger charge is -2.16. The number of thiophene rings is 1.